The highest BCUT2D eigenvalue weighted by molar-refractivity contribution is 6.05. The SMILES string of the molecule is O=C(Nc1ccc2c(c1)Cc1ccccc1-2)c1ccccc1C(F)(F)F. The first-order valence-corrected chi connectivity index (χ1v) is 8.12. The van der Waals surface area contributed by atoms with E-state index in [-0.39, 0.29) is 5.56 Å². The van der Waals surface area contributed by atoms with Crippen LogP contribution in [0, 0.1) is 0 Å². The third-order valence-corrected chi connectivity index (χ3v) is 4.53. The second-order valence-corrected chi connectivity index (χ2v) is 6.20. The fraction of sp³-hybridized carbons (Fsp3) is 0.0952. The highest BCUT2D eigenvalue weighted by Gasteiger charge is 2.34. The molecule has 0 unspecified atom stereocenters. The number of halogens is 3. The van der Waals surface area contributed by atoms with Crippen LogP contribution in [0.4, 0.5) is 18.9 Å². The molecule has 5 heteroatoms. The Morgan fingerprint density at radius 1 is 0.846 bits per heavy atom. The third kappa shape index (κ3) is 2.86. The molecule has 3 aromatic carbocycles. The van der Waals surface area contributed by atoms with E-state index in [1.54, 1.807) is 6.07 Å². The van der Waals surface area contributed by atoms with E-state index >= 15 is 0 Å². The van der Waals surface area contributed by atoms with Crippen LogP contribution >= 0.6 is 0 Å². The van der Waals surface area contributed by atoms with Crippen molar-refractivity contribution < 1.29 is 18.0 Å². The molecule has 0 atom stereocenters. The van der Waals surface area contributed by atoms with Crippen LogP contribution in [0.3, 0.4) is 0 Å². The maximum Gasteiger partial charge on any atom is 0.417 e. The minimum atomic E-state index is -4.58. The lowest BCUT2D eigenvalue weighted by Crippen LogP contribution is -2.18. The van der Waals surface area contributed by atoms with Gasteiger partial charge in [0.25, 0.3) is 5.91 Å². The average molecular weight is 353 g/mol. The van der Waals surface area contributed by atoms with Crippen molar-refractivity contribution in [3.8, 4) is 11.1 Å². The van der Waals surface area contributed by atoms with Crippen molar-refractivity contribution in [1.82, 2.24) is 0 Å². The molecule has 0 fully saturated rings. The predicted molar refractivity (Wildman–Crippen MR) is 94.1 cm³/mol. The number of carbonyl (C=O) groups excluding carboxylic acids is 1. The van der Waals surface area contributed by atoms with Gasteiger partial charge in [0.2, 0.25) is 0 Å². The van der Waals surface area contributed by atoms with Crippen LogP contribution in [0.15, 0.2) is 66.7 Å². The molecule has 2 nitrogen and oxygen atoms in total. The number of hydrogen-bond donors (Lipinski definition) is 1. The monoisotopic (exact) mass is 353 g/mol. The number of nitrogens with one attached hydrogen (secondary N) is 1. The van der Waals surface area contributed by atoms with Crippen molar-refractivity contribution in [3.63, 3.8) is 0 Å². The van der Waals surface area contributed by atoms with E-state index in [2.05, 4.69) is 5.32 Å². The molecule has 0 saturated heterocycles. The lowest BCUT2D eigenvalue weighted by Gasteiger charge is -2.13. The second-order valence-electron chi connectivity index (χ2n) is 6.20. The molecule has 0 heterocycles. The van der Waals surface area contributed by atoms with Gasteiger partial charge < -0.3 is 5.32 Å². The lowest BCUT2D eigenvalue weighted by atomic mass is 10.0. The Bertz CT molecular complexity index is 1010. The summed E-state index contributed by atoms with van der Waals surface area (Å²) in [7, 11) is 0. The quantitative estimate of drug-likeness (QED) is 0.504. The zero-order valence-corrected chi connectivity index (χ0v) is 13.6. The number of benzene rings is 3. The Balaban J connectivity index is 1.62. The molecule has 1 aliphatic carbocycles. The van der Waals surface area contributed by atoms with Crippen molar-refractivity contribution in [2.45, 2.75) is 12.6 Å². The van der Waals surface area contributed by atoms with Gasteiger partial charge in [-0.3, -0.25) is 4.79 Å². The number of hydrogen-bond acceptors (Lipinski definition) is 1. The van der Waals surface area contributed by atoms with Gasteiger partial charge in [0.1, 0.15) is 0 Å². The van der Waals surface area contributed by atoms with Crippen molar-refractivity contribution >= 4 is 11.6 Å². The van der Waals surface area contributed by atoms with Gasteiger partial charge in [-0.15, -0.1) is 0 Å². The van der Waals surface area contributed by atoms with Crippen molar-refractivity contribution in [3.05, 3.63) is 89.0 Å². The zero-order chi connectivity index (χ0) is 18.3. The summed E-state index contributed by atoms with van der Waals surface area (Å²) in [5.41, 5.74) is 3.66. The normalized spacial score (nSPS) is 12.4. The number of alkyl halides is 3. The molecule has 130 valence electrons. The van der Waals surface area contributed by atoms with Gasteiger partial charge >= 0.3 is 6.18 Å². The fourth-order valence-corrected chi connectivity index (χ4v) is 3.35. The van der Waals surface area contributed by atoms with Crippen molar-refractivity contribution in [2.24, 2.45) is 0 Å². The van der Waals surface area contributed by atoms with E-state index in [1.807, 2.05) is 36.4 Å². The van der Waals surface area contributed by atoms with Crippen LogP contribution in [-0.4, -0.2) is 5.91 Å². The summed E-state index contributed by atoms with van der Waals surface area (Å²) in [6.45, 7) is 0. The van der Waals surface area contributed by atoms with Gasteiger partial charge in [0.15, 0.2) is 0 Å². The summed E-state index contributed by atoms with van der Waals surface area (Å²) in [6.07, 6.45) is -3.83. The Hall–Kier alpha value is -3.08. The van der Waals surface area contributed by atoms with Gasteiger partial charge in [-0.1, -0.05) is 42.5 Å². The van der Waals surface area contributed by atoms with Crippen LogP contribution in [0.5, 0.6) is 0 Å². The molecule has 1 N–H and O–H groups in total. The van der Waals surface area contributed by atoms with E-state index < -0.39 is 17.6 Å². The van der Waals surface area contributed by atoms with E-state index in [0.29, 0.717) is 5.69 Å². The standard InChI is InChI=1S/C21H14F3NO/c22-21(23,24)19-8-4-3-7-18(19)20(26)25-15-9-10-17-14(12-15)11-13-5-1-2-6-16(13)17/h1-10,12H,11H2,(H,25,26). The van der Waals surface area contributed by atoms with Gasteiger partial charge in [-0.2, -0.15) is 13.2 Å². The topological polar surface area (TPSA) is 29.1 Å². The zero-order valence-electron chi connectivity index (χ0n) is 13.6. The first kappa shape index (κ1) is 16.4. The summed E-state index contributed by atoms with van der Waals surface area (Å²) >= 11 is 0. The van der Waals surface area contributed by atoms with Crippen LogP contribution in [0.25, 0.3) is 11.1 Å². The van der Waals surface area contributed by atoms with Crippen molar-refractivity contribution in [2.75, 3.05) is 5.32 Å². The Morgan fingerprint density at radius 2 is 1.54 bits per heavy atom. The van der Waals surface area contributed by atoms with Crippen molar-refractivity contribution in [1.29, 1.82) is 0 Å². The summed E-state index contributed by atoms with van der Waals surface area (Å²) in [6, 6.07) is 18.3. The lowest BCUT2D eigenvalue weighted by molar-refractivity contribution is -0.137. The number of anilines is 1. The summed E-state index contributed by atoms with van der Waals surface area (Å²) in [4.78, 5) is 12.4. The minimum Gasteiger partial charge on any atom is -0.322 e. The van der Waals surface area contributed by atoms with Crippen LogP contribution in [0.2, 0.25) is 0 Å². The minimum absolute atomic E-state index is 0.385. The van der Waals surface area contributed by atoms with E-state index in [1.165, 1.54) is 23.8 Å². The smallest absolute Gasteiger partial charge is 0.322 e. The Labute approximate surface area is 148 Å². The Kier molecular flexibility index (Phi) is 3.80. The molecule has 3 aromatic rings. The number of amides is 1. The summed E-state index contributed by atoms with van der Waals surface area (Å²) in [5.74, 6) is -0.770. The second kappa shape index (κ2) is 6.02. The van der Waals surface area contributed by atoms with Crippen LogP contribution < -0.4 is 5.32 Å². The molecule has 1 amide bonds. The molecule has 26 heavy (non-hydrogen) atoms. The number of carbonyl (C=O) groups is 1. The molecule has 0 saturated carbocycles. The van der Waals surface area contributed by atoms with Crippen LogP contribution in [0.1, 0.15) is 27.0 Å². The Morgan fingerprint density at radius 3 is 2.35 bits per heavy atom. The molecule has 0 spiro atoms. The number of rotatable bonds is 2. The first-order valence-electron chi connectivity index (χ1n) is 8.12. The highest BCUT2D eigenvalue weighted by Crippen LogP contribution is 2.38. The number of fused-ring (bicyclic) bond motifs is 3. The van der Waals surface area contributed by atoms with E-state index in [0.717, 1.165) is 29.2 Å². The molecular formula is C21H14F3NO. The van der Waals surface area contributed by atoms with Crippen LogP contribution in [-0.2, 0) is 12.6 Å². The maximum absolute atomic E-state index is 13.1. The molecule has 4 rings (SSSR count). The van der Waals surface area contributed by atoms with Gasteiger partial charge in [0, 0.05) is 5.69 Å². The molecule has 0 aromatic heterocycles. The first-order chi connectivity index (χ1) is 12.4. The summed E-state index contributed by atoms with van der Waals surface area (Å²) in [5, 5.41) is 2.59. The van der Waals surface area contributed by atoms with Gasteiger partial charge in [-0.25, -0.2) is 0 Å². The molecule has 1 aliphatic rings. The van der Waals surface area contributed by atoms with E-state index in [9.17, 15) is 18.0 Å². The van der Waals surface area contributed by atoms with Gasteiger partial charge in [0.05, 0.1) is 11.1 Å². The summed E-state index contributed by atoms with van der Waals surface area (Å²) < 4.78 is 39.3. The van der Waals surface area contributed by atoms with Gasteiger partial charge in [-0.05, 0) is 52.9 Å². The predicted octanol–water partition coefficient (Wildman–Crippen LogP) is 5.53. The molecule has 0 radical (unpaired) electrons. The molecule has 0 aliphatic heterocycles. The largest absolute Gasteiger partial charge is 0.417 e. The molecular weight excluding hydrogens is 339 g/mol. The maximum atomic E-state index is 13.1. The molecule has 0 bridgehead atoms. The fourth-order valence-electron chi connectivity index (χ4n) is 3.35. The third-order valence-electron chi connectivity index (χ3n) is 4.53. The van der Waals surface area contributed by atoms with E-state index in [4.69, 9.17) is 0 Å². The average Bonchev–Trinajstić information content (AvgIpc) is 2.98. The highest BCUT2D eigenvalue weighted by atomic mass is 19.4.